The van der Waals surface area contributed by atoms with Crippen molar-refractivity contribution in [2.45, 2.75) is 5.88 Å². The minimum atomic E-state index is 0.00403. The first-order valence-corrected chi connectivity index (χ1v) is 4.23. The smallest absolute Gasteiger partial charge is 0.253 e. The van der Waals surface area contributed by atoms with E-state index in [1.165, 1.54) is 12.3 Å². The Balaban J connectivity index is 2.92. The van der Waals surface area contributed by atoms with Crippen LogP contribution in [0.25, 0.3) is 0 Å². The van der Waals surface area contributed by atoms with Crippen molar-refractivity contribution in [3.63, 3.8) is 0 Å². The Morgan fingerprint density at radius 1 is 1.80 bits per heavy atom. The Morgan fingerprint density at radius 3 is 3.20 bits per heavy atom. The Labute approximate surface area is 63.1 Å². The quantitative estimate of drug-likeness (QED) is 0.627. The number of nitrogens with zero attached hydrogens (tertiary/aromatic N) is 2. The summed E-state index contributed by atoms with van der Waals surface area (Å²) >= 11 is 1.59. The molecule has 54 valence electrons. The maximum Gasteiger partial charge on any atom is 0.253 e. The third-order valence-corrected chi connectivity index (χ3v) is 1.60. The van der Waals surface area contributed by atoms with Crippen molar-refractivity contribution >= 4 is 11.8 Å². The molecule has 0 aliphatic carbocycles. The molecule has 0 saturated carbocycles. The Bertz CT molecular complexity index is 258. The predicted octanol–water partition coefficient (Wildman–Crippen LogP) is 0.564. The molecule has 0 unspecified atom stereocenters. The average molecular weight is 156 g/mol. The van der Waals surface area contributed by atoms with Gasteiger partial charge in [-0.3, -0.25) is 9.36 Å². The summed E-state index contributed by atoms with van der Waals surface area (Å²) in [6.45, 7) is 0. The lowest BCUT2D eigenvalue weighted by molar-refractivity contribution is 0.807. The van der Waals surface area contributed by atoms with Gasteiger partial charge in [-0.2, -0.15) is 0 Å². The molecule has 0 bridgehead atoms. The second-order valence-electron chi connectivity index (χ2n) is 1.81. The van der Waals surface area contributed by atoms with Crippen LogP contribution in [0.2, 0.25) is 0 Å². The Hall–Kier alpha value is -0.770. The molecule has 1 heterocycles. The highest BCUT2D eigenvalue weighted by atomic mass is 32.2. The zero-order valence-electron chi connectivity index (χ0n) is 5.65. The van der Waals surface area contributed by atoms with Crippen molar-refractivity contribution in [2.75, 3.05) is 6.26 Å². The molecule has 1 rings (SSSR count). The van der Waals surface area contributed by atoms with Gasteiger partial charge in [0.05, 0.1) is 12.2 Å². The molecule has 0 N–H and O–H groups in total. The molecule has 4 heteroatoms. The molecule has 0 atom stereocenters. The fraction of sp³-hybridized carbons (Fsp3) is 0.333. The van der Waals surface area contributed by atoms with Gasteiger partial charge in [0.2, 0.25) is 0 Å². The topological polar surface area (TPSA) is 34.9 Å². The molecule has 3 nitrogen and oxygen atoms in total. The summed E-state index contributed by atoms with van der Waals surface area (Å²) in [6.07, 6.45) is 4.98. The van der Waals surface area contributed by atoms with Crippen LogP contribution in [0, 0.1) is 0 Å². The zero-order chi connectivity index (χ0) is 7.40. The lowest BCUT2D eigenvalue weighted by Crippen LogP contribution is -2.16. The lowest BCUT2D eigenvalue weighted by atomic mass is 10.6. The van der Waals surface area contributed by atoms with E-state index in [4.69, 9.17) is 0 Å². The molecule has 0 radical (unpaired) electrons. The van der Waals surface area contributed by atoms with Crippen LogP contribution in [0.5, 0.6) is 0 Å². The highest BCUT2D eigenvalue weighted by molar-refractivity contribution is 7.97. The van der Waals surface area contributed by atoms with Gasteiger partial charge in [0.25, 0.3) is 5.56 Å². The van der Waals surface area contributed by atoms with E-state index in [2.05, 4.69) is 4.98 Å². The van der Waals surface area contributed by atoms with Gasteiger partial charge in [-0.15, -0.1) is 11.8 Å². The van der Waals surface area contributed by atoms with E-state index in [1.54, 1.807) is 22.7 Å². The summed E-state index contributed by atoms with van der Waals surface area (Å²) in [6, 6.07) is 1.45. The van der Waals surface area contributed by atoms with Crippen molar-refractivity contribution in [3.05, 3.63) is 28.9 Å². The molecular weight excluding hydrogens is 148 g/mol. The van der Waals surface area contributed by atoms with Crippen LogP contribution in [0.1, 0.15) is 0 Å². The van der Waals surface area contributed by atoms with Crippen LogP contribution in [0.4, 0.5) is 0 Å². The van der Waals surface area contributed by atoms with Gasteiger partial charge < -0.3 is 0 Å². The van der Waals surface area contributed by atoms with E-state index >= 15 is 0 Å². The number of aromatic nitrogens is 2. The molecule has 0 aromatic carbocycles. The monoisotopic (exact) mass is 156 g/mol. The van der Waals surface area contributed by atoms with E-state index in [-0.39, 0.29) is 5.56 Å². The second kappa shape index (κ2) is 3.41. The van der Waals surface area contributed by atoms with Gasteiger partial charge in [0.15, 0.2) is 0 Å². The van der Waals surface area contributed by atoms with E-state index < -0.39 is 0 Å². The third-order valence-electron chi connectivity index (χ3n) is 1.06. The van der Waals surface area contributed by atoms with Crippen LogP contribution in [0.15, 0.2) is 23.4 Å². The summed E-state index contributed by atoms with van der Waals surface area (Å²) in [4.78, 5) is 14.7. The maximum absolute atomic E-state index is 10.9. The molecule has 0 saturated heterocycles. The SMILES string of the molecule is CSCn1cnccc1=O. The third kappa shape index (κ3) is 1.60. The van der Waals surface area contributed by atoms with Gasteiger partial charge in [-0.25, -0.2) is 4.98 Å². The highest BCUT2D eigenvalue weighted by Gasteiger charge is 1.89. The second-order valence-corrected chi connectivity index (χ2v) is 2.64. The summed E-state index contributed by atoms with van der Waals surface area (Å²) in [5, 5.41) is 0. The minimum absolute atomic E-state index is 0.00403. The summed E-state index contributed by atoms with van der Waals surface area (Å²) in [5.41, 5.74) is 0.00403. The largest absolute Gasteiger partial charge is 0.289 e. The van der Waals surface area contributed by atoms with Crippen LogP contribution in [-0.4, -0.2) is 15.8 Å². The summed E-state index contributed by atoms with van der Waals surface area (Å²) in [7, 11) is 0. The summed E-state index contributed by atoms with van der Waals surface area (Å²) < 4.78 is 1.56. The first-order valence-electron chi connectivity index (χ1n) is 2.84. The number of hydrogen-bond donors (Lipinski definition) is 0. The van der Waals surface area contributed by atoms with Crippen molar-refractivity contribution in [1.29, 1.82) is 0 Å². The van der Waals surface area contributed by atoms with E-state index in [9.17, 15) is 4.79 Å². The number of hydrogen-bond acceptors (Lipinski definition) is 3. The first-order chi connectivity index (χ1) is 4.84. The fourth-order valence-corrected chi connectivity index (χ4v) is 1.09. The molecule has 0 amide bonds. The van der Waals surface area contributed by atoms with E-state index in [0.717, 1.165) is 0 Å². The number of rotatable bonds is 2. The van der Waals surface area contributed by atoms with Crippen LogP contribution in [0.3, 0.4) is 0 Å². The van der Waals surface area contributed by atoms with Crippen molar-refractivity contribution in [3.8, 4) is 0 Å². The molecule has 0 aliphatic rings. The molecular formula is C6H8N2OS. The normalized spacial score (nSPS) is 9.70. The lowest BCUT2D eigenvalue weighted by Gasteiger charge is -1.98. The molecule has 0 aliphatic heterocycles. The molecule has 1 aromatic heterocycles. The molecule has 0 fully saturated rings. The van der Waals surface area contributed by atoms with Crippen LogP contribution >= 0.6 is 11.8 Å². The van der Waals surface area contributed by atoms with Gasteiger partial charge in [0.1, 0.15) is 0 Å². The van der Waals surface area contributed by atoms with Crippen LogP contribution in [-0.2, 0) is 5.88 Å². The molecule has 10 heavy (non-hydrogen) atoms. The van der Waals surface area contributed by atoms with Crippen molar-refractivity contribution in [1.82, 2.24) is 9.55 Å². The fourth-order valence-electron chi connectivity index (χ4n) is 0.614. The Morgan fingerprint density at radius 2 is 2.60 bits per heavy atom. The van der Waals surface area contributed by atoms with E-state index in [0.29, 0.717) is 5.88 Å². The molecule has 0 spiro atoms. The maximum atomic E-state index is 10.9. The van der Waals surface area contributed by atoms with Crippen molar-refractivity contribution in [2.24, 2.45) is 0 Å². The summed E-state index contributed by atoms with van der Waals surface area (Å²) in [5.74, 6) is 0.673. The Kier molecular flexibility index (Phi) is 2.50. The standard InChI is InChI=1S/C6H8N2OS/c1-10-5-8-4-7-3-2-6(8)9/h2-4H,5H2,1H3. The first kappa shape index (κ1) is 7.34. The van der Waals surface area contributed by atoms with Gasteiger partial charge in [-0.1, -0.05) is 0 Å². The highest BCUT2D eigenvalue weighted by Crippen LogP contribution is 1.93. The predicted molar refractivity (Wildman–Crippen MR) is 42.0 cm³/mol. The van der Waals surface area contributed by atoms with Gasteiger partial charge in [-0.05, 0) is 6.26 Å². The van der Waals surface area contributed by atoms with Gasteiger partial charge >= 0.3 is 0 Å². The zero-order valence-corrected chi connectivity index (χ0v) is 6.47. The van der Waals surface area contributed by atoms with Gasteiger partial charge in [0, 0.05) is 12.3 Å². The minimum Gasteiger partial charge on any atom is -0.289 e. The van der Waals surface area contributed by atoms with Crippen molar-refractivity contribution < 1.29 is 0 Å². The van der Waals surface area contributed by atoms with E-state index in [1.807, 2.05) is 6.26 Å². The number of thioether (sulfide) groups is 1. The van der Waals surface area contributed by atoms with Crippen LogP contribution < -0.4 is 5.56 Å². The molecule has 1 aromatic rings. The average Bonchev–Trinajstić information content (AvgIpc) is 1.94.